The first kappa shape index (κ1) is 26.3. The van der Waals surface area contributed by atoms with Crippen LogP contribution in [0.3, 0.4) is 0 Å². The number of anilines is 1. The number of nitrogens with one attached hydrogen (secondary N) is 2. The molecule has 1 saturated heterocycles. The molecule has 3 rings (SSSR count). The minimum atomic E-state index is -0.407. The molecule has 1 fully saturated rings. The van der Waals surface area contributed by atoms with Crippen LogP contribution in [0.5, 0.6) is 0 Å². The number of piperidine rings is 1. The summed E-state index contributed by atoms with van der Waals surface area (Å²) in [4.78, 5) is 38.5. The third kappa shape index (κ3) is 9.13. The predicted octanol–water partition coefficient (Wildman–Crippen LogP) is 4.33. The average Bonchev–Trinajstić information content (AvgIpc) is 2.86. The van der Waals surface area contributed by atoms with E-state index in [4.69, 9.17) is 17.0 Å². The number of esters is 1. The summed E-state index contributed by atoms with van der Waals surface area (Å²) < 4.78 is 5.20. The van der Waals surface area contributed by atoms with E-state index in [-0.39, 0.29) is 29.8 Å². The highest BCUT2D eigenvalue weighted by Gasteiger charge is 2.21. The zero-order valence-electron chi connectivity index (χ0n) is 20.1. The van der Waals surface area contributed by atoms with E-state index in [0.29, 0.717) is 23.8 Å². The zero-order valence-corrected chi connectivity index (χ0v) is 20.9. The number of nitrogens with zero attached hydrogens (tertiary/aromatic N) is 1. The first-order valence-corrected chi connectivity index (χ1v) is 12.5. The molecule has 0 radical (unpaired) electrons. The zero-order chi connectivity index (χ0) is 25.0. The Balaban J connectivity index is 1.31. The maximum atomic E-state index is 12.6. The van der Waals surface area contributed by atoms with Crippen molar-refractivity contribution in [1.29, 1.82) is 0 Å². The summed E-state index contributed by atoms with van der Waals surface area (Å²) in [7, 11) is 0. The minimum absolute atomic E-state index is 0.00807. The summed E-state index contributed by atoms with van der Waals surface area (Å²) in [6, 6.07) is 17.0. The Hall–Kier alpha value is -3.26. The van der Waals surface area contributed by atoms with E-state index in [1.165, 1.54) is 5.56 Å². The van der Waals surface area contributed by atoms with E-state index in [1.807, 2.05) is 35.2 Å². The van der Waals surface area contributed by atoms with Crippen molar-refractivity contribution in [3.8, 4) is 0 Å². The predicted molar refractivity (Wildman–Crippen MR) is 140 cm³/mol. The van der Waals surface area contributed by atoms with Crippen molar-refractivity contribution in [3.63, 3.8) is 0 Å². The van der Waals surface area contributed by atoms with Crippen LogP contribution in [0.2, 0.25) is 0 Å². The van der Waals surface area contributed by atoms with Crippen LogP contribution in [0.15, 0.2) is 54.6 Å². The van der Waals surface area contributed by atoms with Crippen molar-refractivity contribution in [2.24, 2.45) is 5.92 Å². The fourth-order valence-corrected chi connectivity index (χ4v) is 4.07. The van der Waals surface area contributed by atoms with Crippen molar-refractivity contribution in [3.05, 3.63) is 65.7 Å². The third-order valence-electron chi connectivity index (χ3n) is 5.99. The topological polar surface area (TPSA) is 87.7 Å². The highest BCUT2D eigenvalue weighted by atomic mass is 32.1. The van der Waals surface area contributed by atoms with Gasteiger partial charge in [0.2, 0.25) is 5.91 Å². The molecule has 1 aliphatic heterocycles. The highest BCUT2D eigenvalue weighted by molar-refractivity contribution is 7.80. The summed E-state index contributed by atoms with van der Waals surface area (Å²) in [6.07, 6.45) is 3.61. The first-order valence-electron chi connectivity index (χ1n) is 12.1. The molecule has 8 heteroatoms. The van der Waals surface area contributed by atoms with Crippen LogP contribution in [-0.4, -0.2) is 47.5 Å². The van der Waals surface area contributed by atoms with Crippen LogP contribution in [0.4, 0.5) is 5.69 Å². The summed E-state index contributed by atoms with van der Waals surface area (Å²) in [5.41, 5.74) is 2.49. The first-order chi connectivity index (χ1) is 16.9. The SMILES string of the molecule is CC1CCN(C(=O)c2ccc(NC(=S)NC(=O)CCC(=O)OCCCc3ccccc3)cc2)CC1. The van der Waals surface area contributed by atoms with Crippen LogP contribution in [0.1, 0.15) is 54.9 Å². The molecule has 7 nitrogen and oxygen atoms in total. The molecule has 0 atom stereocenters. The number of carbonyl (C=O) groups excluding carboxylic acids is 3. The maximum Gasteiger partial charge on any atom is 0.306 e. The Bertz CT molecular complexity index is 1000. The number of likely N-dealkylation sites (tertiary alicyclic amines) is 1. The largest absolute Gasteiger partial charge is 0.466 e. The van der Waals surface area contributed by atoms with Gasteiger partial charge in [0.1, 0.15) is 0 Å². The Morgan fingerprint density at radius 2 is 1.69 bits per heavy atom. The van der Waals surface area contributed by atoms with E-state index >= 15 is 0 Å². The number of benzene rings is 2. The molecule has 0 saturated carbocycles. The number of thiocarbonyl (C=S) groups is 1. The molecule has 35 heavy (non-hydrogen) atoms. The summed E-state index contributed by atoms with van der Waals surface area (Å²) in [6.45, 7) is 4.11. The Morgan fingerprint density at radius 3 is 2.37 bits per heavy atom. The van der Waals surface area contributed by atoms with Gasteiger partial charge in [0.05, 0.1) is 13.0 Å². The van der Waals surface area contributed by atoms with Gasteiger partial charge in [-0.15, -0.1) is 0 Å². The molecule has 2 aromatic carbocycles. The molecule has 1 heterocycles. The van der Waals surface area contributed by atoms with E-state index in [1.54, 1.807) is 24.3 Å². The third-order valence-corrected chi connectivity index (χ3v) is 6.19. The number of hydrogen-bond acceptors (Lipinski definition) is 5. The van der Waals surface area contributed by atoms with Gasteiger partial charge >= 0.3 is 5.97 Å². The van der Waals surface area contributed by atoms with Gasteiger partial charge in [0.25, 0.3) is 5.91 Å². The van der Waals surface area contributed by atoms with Crippen molar-refractivity contribution >= 4 is 40.8 Å². The minimum Gasteiger partial charge on any atom is -0.466 e. The lowest BCUT2D eigenvalue weighted by Gasteiger charge is -2.30. The van der Waals surface area contributed by atoms with Crippen molar-refractivity contribution < 1.29 is 19.1 Å². The lowest BCUT2D eigenvalue weighted by molar-refractivity contribution is -0.145. The molecule has 1 aliphatic rings. The van der Waals surface area contributed by atoms with Gasteiger partial charge in [-0.2, -0.15) is 0 Å². The van der Waals surface area contributed by atoms with Gasteiger partial charge in [-0.3, -0.25) is 14.4 Å². The van der Waals surface area contributed by atoms with Gasteiger partial charge in [-0.25, -0.2) is 0 Å². The quantitative estimate of drug-likeness (QED) is 0.306. The summed E-state index contributed by atoms with van der Waals surface area (Å²) in [5, 5.41) is 5.63. The number of rotatable bonds is 9. The molecule has 2 N–H and O–H groups in total. The second-order valence-electron chi connectivity index (χ2n) is 8.86. The standard InChI is InChI=1S/C27H33N3O4S/c1-20-15-17-30(18-16-20)26(33)22-9-11-23(12-10-22)28-27(35)29-24(31)13-14-25(32)34-19-5-8-21-6-3-2-4-7-21/h2-4,6-7,9-12,20H,5,8,13-19H2,1H3,(H2,28,29,31,35). The van der Waals surface area contributed by atoms with Crippen molar-refractivity contribution in [2.75, 3.05) is 25.0 Å². The van der Waals surface area contributed by atoms with Gasteiger partial charge in [-0.05, 0) is 73.6 Å². The molecule has 186 valence electrons. The Labute approximate surface area is 212 Å². The number of ether oxygens (including phenoxy) is 1. The monoisotopic (exact) mass is 495 g/mol. The molecule has 2 aromatic rings. The molecule has 0 spiro atoms. The van der Waals surface area contributed by atoms with Crippen LogP contribution in [-0.2, 0) is 20.7 Å². The molecular formula is C27H33N3O4S. The molecular weight excluding hydrogens is 462 g/mol. The van der Waals surface area contributed by atoms with Gasteiger partial charge in [0.15, 0.2) is 5.11 Å². The summed E-state index contributed by atoms with van der Waals surface area (Å²) in [5.74, 6) is -0.0749. The van der Waals surface area contributed by atoms with Crippen LogP contribution in [0.25, 0.3) is 0 Å². The molecule has 0 bridgehead atoms. The highest BCUT2D eigenvalue weighted by Crippen LogP contribution is 2.19. The normalized spacial score (nSPS) is 13.7. The number of aryl methyl sites for hydroxylation is 1. The van der Waals surface area contributed by atoms with Gasteiger partial charge in [0, 0.05) is 30.8 Å². The number of carbonyl (C=O) groups is 3. The fourth-order valence-electron chi connectivity index (χ4n) is 3.84. The van der Waals surface area contributed by atoms with Gasteiger partial charge in [-0.1, -0.05) is 37.3 Å². The average molecular weight is 496 g/mol. The Morgan fingerprint density at radius 1 is 1.00 bits per heavy atom. The molecule has 0 aliphatic carbocycles. The van der Waals surface area contributed by atoms with Crippen molar-refractivity contribution in [1.82, 2.24) is 10.2 Å². The van der Waals surface area contributed by atoms with E-state index in [9.17, 15) is 14.4 Å². The maximum absolute atomic E-state index is 12.6. The molecule has 2 amide bonds. The number of hydrogen-bond donors (Lipinski definition) is 2. The smallest absolute Gasteiger partial charge is 0.306 e. The Kier molecular flexibility index (Phi) is 10.2. The van der Waals surface area contributed by atoms with E-state index < -0.39 is 5.97 Å². The molecule has 0 aromatic heterocycles. The fraction of sp³-hybridized carbons (Fsp3) is 0.407. The summed E-state index contributed by atoms with van der Waals surface area (Å²) >= 11 is 5.19. The molecule has 0 unspecified atom stereocenters. The van der Waals surface area contributed by atoms with Crippen molar-refractivity contribution in [2.45, 2.75) is 45.4 Å². The van der Waals surface area contributed by atoms with E-state index in [2.05, 4.69) is 17.6 Å². The van der Waals surface area contributed by atoms with E-state index in [0.717, 1.165) is 38.8 Å². The number of amides is 2. The van der Waals surface area contributed by atoms with Crippen LogP contribution >= 0.6 is 12.2 Å². The second kappa shape index (κ2) is 13.6. The van der Waals surface area contributed by atoms with Crippen LogP contribution in [0, 0.1) is 5.92 Å². The second-order valence-corrected chi connectivity index (χ2v) is 9.27. The van der Waals surface area contributed by atoms with Gasteiger partial charge < -0.3 is 20.3 Å². The van der Waals surface area contributed by atoms with Crippen LogP contribution < -0.4 is 10.6 Å². The lowest BCUT2D eigenvalue weighted by Crippen LogP contribution is -2.37. The lowest BCUT2D eigenvalue weighted by atomic mass is 9.98.